The first-order chi connectivity index (χ1) is 18.4. The smallest absolute Gasteiger partial charge is 0.243 e. The van der Waals surface area contributed by atoms with Crippen molar-refractivity contribution in [1.29, 1.82) is 0 Å². The summed E-state index contributed by atoms with van der Waals surface area (Å²) in [4.78, 5) is 12.0. The molecule has 1 N–H and O–H groups in total. The van der Waals surface area contributed by atoms with Gasteiger partial charge >= 0.3 is 0 Å². The molecule has 0 aliphatic carbocycles. The first-order valence-corrected chi connectivity index (χ1v) is 13.9. The van der Waals surface area contributed by atoms with E-state index in [0.29, 0.717) is 38.5 Å². The minimum absolute atomic E-state index is 0.101. The third-order valence-electron chi connectivity index (χ3n) is 6.91. The number of hydrogen-bond acceptors (Lipinski definition) is 7. The van der Waals surface area contributed by atoms with Crippen LogP contribution in [-0.4, -0.2) is 60.9 Å². The third kappa shape index (κ3) is 5.33. The van der Waals surface area contributed by atoms with Crippen molar-refractivity contribution < 1.29 is 17.5 Å². The minimum atomic E-state index is -3.68. The molecule has 2 heterocycles. The average Bonchev–Trinajstić information content (AvgIpc) is 2.95. The number of benzene rings is 3. The van der Waals surface area contributed by atoms with E-state index in [2.05, 4.69) is 10.2 Å². The van der Waals surface area contributed by atoms with E-state index in [1.54, 1.807) is 7.11 Å². The Morgan fingerprint density at radius 1 is 0.947 bits per heavy atom. The van der Waals surface area contributed by atoms with Crippen LogP contribution in [0.3, 0.4) is 0 Å². The molecule has 8 nitrogen and oxygen atoms in total. The molecule has 0 amide bonds. The molecule has 0 radical (unpaired) electrons. The number of sulfonamides is 1. The van der Waals surface area contributed by atoms with Gasteiger partial charge in [-0.2, -0.15) is 4.31 Å². The van der Waals surface area contributed by atoms with Gasteiger partial charge in [0.25, 0.3) is 0 Å². The molecule has 38 heavy (non-hydrogen) atoms. The van der Waals surface area contributed by atoms with Gasteiger partial charge in [0.15, 0.2) is 0 Å². The van der Waals surface area contributed by atoms with Gasteiger partial charge < -0.3 is 10.1 Å². The minimum Gasteiger partial charge on any atom is -0.496 e. The molecule has 198 valence electrons. The summed E-state index contributed by atoms with van der Waals surface area (Å²) in [7, 11) is -2.02. The molecule has 5 rings (SSSR count). The Kier molecular flexibility index (Phi) is 7.55. The zero-order chi connectivity index (χ0) is 26.7. The summed E-state index contributed by atoms with van der Waals surface area (Å²) in [6.45, 7) is 4.30. The Morgan fingerprint density at radius 3 is 2.37 bits per heavy atom. The van der Waals surface area contributed by atoms with Gasteiger partial charge in [0.05, 0.1) is 23.6 Å². The SMILES string of the molecule is COc1ccccc1CNc1nc([C@@H](C)N2CCN(S(=O)(=O)c3ccc(F)cc3)CC2)nc2ccccc12. The fourth-order valence-electron chi connectivity index (χ4n) is 4.69. The normalized spacial score (nSPS) is 15.9. The largest absolute Gasteiger partial charge is 0.496 e. The number of nitrogens with zero attached hydrogens (tertiary/aromatic N) is 4. The molecule has 1 aliphatic rings. The number of para-hydroxylation sites is 2. The van der Waals surface area contributed by atoms with Gasteiger partial charge in [0, 0.05) is 43.7 Å². The molecule has 0 spiro atoms. The van der Waals surface area contributed by atoms with E-state index in [4.69, 9.17) is 14.7 Å². The third-order valence-corrected chi connectivity index (χ3v) is 8.82. The molecular weight excluding hydrogens is 505 g/mol. The number of rotatable bonds is 8. The van der Waals surface area contributed by atoms with Gasteiger partial charge in [0.2, 0.25) is 10.0 Å². The predicted octanol–water partition coefficient (Wildman–Crippen LogP) is 4.46. The van der Waals surface area contributed by atoms with Gasteiger partial charge in [-0.1, -0.05) is 30.3 Å². The van der Waals surface area contributed by atoms with E-state index >= 15 is 0 Å². The highest BCUT2D eigenvalue weighted by atomic mass is 32.2. The summed E-state index contributed by atoms with van der Waals surface area (Å²) in [6, 6.07) is 20.6. The zero-order valence-electron chi connectivity index (χ0n) is 21.3. The van der Waals surface area contributed by atoms with E-state index < -0.39 is 15.8 Å². The summed E-state index contributed by atoms with van der Waals surface area (Å²) in [5.74, 6) is 1.75. The van der Waals surface area contributed by atoms with Crippen molar-refractivity contribution >= 4 is 26.7 Å². The maximum Gasteiger partial charge on any atom is 0.243 e. The van der Waals surface area contributed by atoms with Crippen LogP contribution < -0.4 is 10.1 Å². The Hall–Kier alpha value is -3.60. The maximum atomic E-state index is 13.3. The first-order valence-electron chi connectivity index (χ1n) is 12.5. The fourth-order valence-corrected chi connectivity index (χ4v) is 6.12. The van der Waals surface area contributed by atoms with E-state index in [1.807, 2.05) is 55.5 Å². The quantitative estimate of drug-likeness (QED) is 0.357. The number of aromatic nitrogens is 2. The van der Waals surface area contributed by atoms with Crippen molar-refractivity contribution in [3.05, 3.63) is 90.0 Å². The number of nitrogens with one attached hydrogen (secondary N) is 1. The van der Waals surface area contributed by atoms with E-state index in [0.717, 1.165) is 28.0 Å². The van der Waals surface area contributed by atoms with Crippen molar-refractivity contribution in [2.24, 2.45) is 0 Å². The topological polar surface area (TPSA) is 87.7 Å². The first kappa shape index (κ1) is 26.0. The second-order valence-electron chi connectivity index (χ2n) is 9.18. The van der Waals surface area contributed by atoms with Crippen LogP contribution in [0, 0.1) is 5.82 Å². The number of anilines is 1. The van der Waals surface area contributed by atoms with Crippen molar-refractivity contribution in [3.63, 3.8) is 0 Å². The van der Waals surface area contributed by atoms with Crippen molar-refractivity contribution in [1.82, 2.24) is 19.2 Å². The highest BCUT2D eigenvalue weighted by molar-refractivity contribution is 7.89. The molecule has 0 saturated carbocycles. The molecule has 10 heteroatoms. The van der Waals surface area contributed by atoms with Crippen LogP contribution in [0.15, 0.2) is 77.7 Å². The second-order valence-corrected chi connectivity index (χ2v) is 11.1. The van der Waals surface area contributed by atoms with Crippen LogP contribution in [0.2, 0.25) is 0 Å². The Morgan fingerprint density at radius 2 is 1.63 bits per heavy atom. The summed E-state index contributed by atoms with van der Waals surface area (Å²) in [5, 5.41) is 4.39. The number of methoxy groups -OCH3 is 1. The maximum absolute atomic E-state index is 13.3. The van der Waals surface area contributed by atoms with E-state index in [-0.39, 0.29) is 10.9 Å². The Balaban J connectivity index is 1.33. The van der Waals surface area contributed by atoms with Crippen LogP contribution in [0.4, 0.5) is 10.2 Å². The Labute approximate surface area is 222 Å². The lowest BCUT2D eigenvalue weighted by molar-refractivity contribution is 0.141. The summed E-state index contributed by atoms with van der Waals surface area (Å²) < 4.78 is 46.2. The zero-order valence-corrected chi connectivity index (χ0v) is 22.2. The number of ether oxygens (including phenoxy) is 1. The highest BCUT2D eigenvalue weighted by Gasteiger charge is 2.31. The summed E-state index contributed by atoms with van der Waals surface area (Å²) >= 11 is 0. The summed E-state index contributed by atoms with van der Waals surface area (Å²) in [6.07, 6.45) is 0. The van der Waals surface area contributed by atoms with E-state index in [9.17, 15) is 12.8 Å². The molecule has 1 aliphatic heterocycles. The molecule has 1 atom stereocenters. The number of halogens is 1. The van der Waals surface area contributed by atoms with Crippen LogP contribution in [0.5, 0.6) is 5.75 Å². The van der Waals surface area contributed by atoms with Crippen LogP contribution >= 0.6 is 0 Å². The number of fused-ring (bicyclic) bond motifs is 1. The van der Waals surface area contributed by atoms with Gasteiger partial charge in [0.1, 0.15) is 23.2 Å². The second kappa shape index (κ2) is 11.0. The standard InChI is InChI=1S/C28H30FN5O3S/c1-20(33-15-17-34(18-16-33)38(35,36)23-13-11-22(29)12-14-23)27-31-25-9-5-4-8-24(25)28(32-27)30-19-21-7-3-6-10-26(21)37-2/h3-14,20H,15-19H2,1-2H3,(H,30,31,32)/t20-/m1/s1. The van der Waals surface area contributed by atoms with Crippen LogP contribution in [0.25, 0.3) is 10.9 Å². The molecule has 1 saturated heterocycles. The lowest BCUT2D eigenvalue weighted by atomic mass is 10.1. The summed E-state index contributed by atoms with van der Waals surface area (Å²) in [5.41, 5.74) is 1.86. The van der Waals surface area contributed by atoms with Crippen molar-refractivity contribution in [2.75, 3.05) is 38.6 Å². The lowest BCUT2D eigenvalue weighted by Crippen LogP contribution is -2.49. The van der Waals surface area contributed by atoms with Crippen molar-refractivity contribution in [2.45, 2.75) is 24.4 Å². The number of hydrogen-bond donors (Lipinski definition) is 1. The molecule has 0 bridgehead atoms. The van der Waals surface area contributed by atoms with Gasteiger partial charge in [-0.05, 0) is 49.4 Å². The molecular formula is C28H30FN5O3S. The fraction of sp³-hybridized carbons (Fsp3) is 0.286. The number of piperazine rings is 1. The molecule has 3 aromatic carbocycles. The Bertz CT molecular complexity index is 1520. The van der Waals surface area contributed by atoms with Gasteiger partial charge in [-0.3, -0.25) is 4.90 Å². The van der Waals surface area contributed by atoms with Crippen LogP contribution in [0.1, 0.15) is 24.4 Å². The molecule has 1 aromatic heterocycles. The lowest BCUT2D eigenvalue weighted by Gasteiger charge is -2.36. The predicted molar refractivity (Wildman–Crippen MR) is 145 cm³/mol. The van der Waals surface area contributed by atoms with E-state index in [1.165, 1.54) is 28.6 Å². The van der Waals surface area contributed by atoms with Gasteiger partial charge in [-0.15, -0.1) is 0 Å². The molecule has 1 fully saturated rings. The molecule has 4 aromatic rings. The van der Waals surface area contributed by atoms with Crippen molar-refractivity contribution in [3.8, 4) is 5.75 Å². The molecule has 0 unspecified atom stereocenters. The van der Waals surface area contributed by atoms with Crippen LogP contribution in [-0.2, 0) is 16.6 Å². The highest BCUT2D eigenvalue weighted by Crippen LogP contribution is 2.28. The average molecular weight is 536 g/mol. The monoisotopic (exact) mass is 535 g/mol. The van der Waals surface area contributed by atoms with Gasteiger partial charge in [-0.25, -0.2) is 22.8 Å².